The van der Waals surface area contributed by atoms with Crippen LogP contribution in [0.1, 0.15) is 0 Å². The summed E-state index contributed by atoms with van der Waals surface area (Å²) in [5, 5.41) is 8.65. The molecule has 0 heterocycles. The fourth-order valence-electron chi connectivity index (χ4n) is 0. The standard InChI is InChI=1S/CHClO2.K/c2-1(3)4;/h(H,3,4);/q;+1/p-1. The van der Waals surface area contributed by atoms with Crippen LogP contribution in [0.4, 0.5) is 4.79 Å². The third-order valence-electron chi connectivity index (χ3n) is 0. The SMILES string of the molecule is O=C([O-])Cl.[K+]. The number of carbonyl (C=O) groups excluding carboxylic acids is 1. The fraction of sp³-hybridized carbons (Fsp3) is 0. The van der Waals surface area contributed by atoms with Gasteiger partial charge in [-0.15, -0.1) is 0 Å². The van der Waals surface area contributed by atoms with Crippen molar-refractivity contribution in [2.45, 2.75) is 0 Å². The summed E-state index contributed by atoms with van der Waals surface area (Å²) < 4.78 is 0. The zero-order valence-electron chi connectivity index (χ0n) is 2.69. The van der Waals surface area contributed by atoms with E-state index in [1.165, 1.54) is 0 Å². The molecule has 0 saturated carbocycles. The van der Waals surface area contributed by atoms with Crippen LogP contribution in [0, 0.1) is 0 Å². The van der Waals surface area contributed by atoms with Crippen molar-refractivity contribution >= 4 is 17.0 Å². The van der Waals surface area contributed by atoms with Gasteiger partial charge in [0.1, 0.15) is 5.43 Å². The van der Waals surface area contributed by atoms with Crippen LogP contribution in [0.3, 0.4) is 0 Å². The number of hydrogen-bond donors (Lipinski definition) is 0. The van der Waals surface area contributed by atoms with Crippen LogP contribution in [-0.4, -0.2) is 5.43 Å². The summed E-state index contributed by atoms with van der Waals surface area (Å²) in [7, 11) is 0. The van der Waals surface area contributed by atoms with Crippen molar-refractivity contribution < 1.29 is 61.3 Å². The van der Waals surface area contributed by atoms with E-state index in [1.54, 1.807) is 0 Å². The van der Waals surface area contributed by atoms with Crippen LogP contribution in [0.2, 0.25) is 0 Å². The quantitative estimate of drug-likeness (QED) is 0.246. The summed E-state index contributed by atoms with van der Waals surface area (Å²) in [6.45, 7) is 0. The van der Waals surface area contributed by atoms with Gasteiger partial charge in [0.2, 0.25) is 0 Å². The van der Waals surface area contributed by atoms with E-state index in [1.807, 2.05) is 0 Å². The number of carboxylic acid groups (broad SMARTS) is 1. The van der Waals surface area contributed by atoms with Crippen LogP contribution in [0.25, 0.3) is 0 Å². The van der Waals surface area contributed by atoms with Crippen molar-refractivity contribution in [2.24, 2.45) is 0 Å². The molecule has 0 aromatic carbocycles. The molecule has 0 aliphatic rings. The zero-order chi connectivity index (χ0) is 3.58. The first-order valence-corrected chi connectivity index (χ1v) is 0.975. The Labute approximate surface area is 76.9 Å². The first-order valence-electron chi connectivity index (χ1n) is 0.597. The molecule has 4 heteroatoms. The summed E-state index contributed by atoms with van der Waals surface area (Å²) in [5.74, 6) is 0. The largest absolute Gasteiger partial charge is 1.00 e. The normalized spacial score (nSPS) is 5.00. The minimum absolute atomic E-state index is 0. The minimum atomic E-state index is -1.61. The Bertz CT molecular complexity index is 32.6. The van der Waals surface area contributed by atoms with Crippen LogP contribution >= 0.6 is 11.6 Å². The van der Waals surface area contributed by atoms with Crippen molar-refractivity contribution in [1.29, 1.82) is 0 Å². The second-order valence-electron chi connectivity index (χ2n) is 0.238. The maximum absolute atomic E-state index is 8.65. The molecule has 0 fully saturated rings. The van der Waals surface area contributed by atoms with E-state index in [-0.39, 0.29) is 51.4 Å². The molecule has 0 radical (unpaired) electrons. The van der Waals surface area contributed by atoms with Gasteiger partial charge < -0.3 is 9.90 Å². The fourth-order valence-corrected chi connectivity index (χ4v) is 0. The van der Waals surface area contributed by atoms with Gasteiger partial charge >= 0.3 is 51.4 Å². The first kappa shape index (κ1) is 9.64. The van der Waals surface area contributed by atoms with Crippen LogP contribution in [0.5, 0.6) is 0 Å². The van der Waals surface area contributed by atoms with Gasteiger partial charge in [-0.05, 0) is 0 Å². The molecule has 0 unspecified atom stereocenters. The van der Waals surface area contributed by atoms with Crippen molar-refractivity contribution in [3.63, 3.8) is 0 Å². The molecule has 0 spiro atoms. The Hall–Kier alpha value is 1.40. The van der Waals surface area contributed by atoms with Gasteiger partial charge in [0.05, 0.1) is 0 Å². The summed E-state index contributed by atoms with van der Waals surface area (Å²) in [4.78, 5) is 8.65. The summed E-state index contributed by atoms with van der Waals surface area (Å²) in [6.07, 6.45) is 0. The maximum Gasteiger partial charge on any atom is 1.00 e. The Balaban J connectivity index is 0. The average molecular weight is 119 g/mol. The predicted molar refractivity (Wildman–Crippen MR) is 11.2 cm³/mol. The summed E-state index contributed by atoms with van der Waals surface area (Å²) >= 11 is 4.08. The van der Waals surface area contributed by atoms with Crippen LogP contribution in [-0.2, 0) is 0 Å². The second-order valence-corrected chi connectivity index (χ2v) is 0.546. The maximum atomic E-state index is 8.65. The minimum Gasteiger partial charge on any atom is -0.534 e. The monoisotopic (exact) mass is 118 g/mol. The molecule has 0 aromatic rings. The van der Waals surface area contributed by atoms with Gasteiger partial charge in [-0.25, -0.2) is 0 Å². The molecule has 0 aromatic heterocycles. The number of carbonyl (C=O) groups is 1. The van der Waals surface area contributed by atoms with E-state index >= 15 is 0 Å². The van der Waals surface area contributed by atoms with Crippen molar-refractivity contribution in [3.05, 3.63) is 0 Å². The molecule has 0 rings (SSSR count). The Morgan fingerprint density at radius 2 is 1.80 bits per heavy atom. The van der Waals surface area contributed by atoms with Gasteiger partial charge in [0.25, 0.3) is 0 Å². The molecule has 0 saturated heterocycles. The first-order chi connectivity index (χ1) is 1.73. The summed E-state index contributed by atoms with van der Waals surface area (Å²) in [6, 6.07) is 0. The van der Waals surface area contributed by atoms with Gasteiger partial charge in [-0.2, -0.15) is 0 Å². The number of halogens is 1. The Kier molecular flexibility index (Phi) is 10.4. The van der Waals surface area contributed by atoms with E-state index in [0.717, 1.165) is 0 Å². The Morgan fingerprint density at radius 1 is 1.80 bits per heavy atom. The predicted octanol–water partition coefficient (Wildman–Crippen LogP) is -3.43. The van der Waals surface area contributed by atoms with Crippen LogP contribution in [0.15, 0.2) is 0 Å². The number of hydrogen-bond acceptors (Lipinski definition) is 2. The molecule has 24 valence electrons. The average Bonchev–Trinajstić information content (AvgIpc) is 0.811. The van der Waals surface area contributed by atoms with Gasteiger partial charge in [0, 0.05) is 0 Å². The molecule has 0 bridgehead atoms. The smallest absolute Gasteiger partial charge is 0.534 e. The molecule has 5 heavy (non-hydrogen) atoms. The Morgan fingerprint density at radius 3 is 1.80 bits per heavy atom. The van der Waals surface area contributed by atoms with E-state index in [0.29, 0.717) is 0 Å². The molecular formula is CClKO2. The van der Waals surface area contributed by atoms with Crippen molar-refractivity contribution in [3.8, 4) is 0 Å². The summed E-state index contributed by atoms with van der Waals surface area (Å²) in [5.41, 5.74) is -1.61. The molecule has 0 aliphatic carbocycles. The van der Waals surface area contributed by atoms with Crippen molar-refractivity contribution in [1.82, 2.24) is 0 Å². The third-order valence-corrected chi connectivity index (χ3v) is 0. The molecule has 0 N–H and O–H groups in total. The van der Waals surface area contributed by atoms with Gasteiger partial charge in [-0.1, -0.05) is 11.6 Å². The van der Waals surface area contributed by atoms with E-state index in [2.05, 4.69) is 11.6 Å². The molecule has 2 nitrogen and oxygen atoms in total. The molecule has 0 amide bonds. The molecule has 0 aliphatic heterocycles. The van der Waals surface area contributed by atoms with E-state index < -0.39 is 5.43 Å². The van der Waals surface area contributed by atoms with Gasteiger partial charge in [0.15, 0.2) is 0 Å². The molecule has 0 atom stereocenters. The molecular weight excluding hydrogens is 119 g/mol. The third kappa shape index (κ3) is 31.9. The van der Waals surface area contributed by atoms with Crippen LogP contribution < -0.4 is 56.5 Å². The second kappa shape index (κ2) is 5.40. The van der Waals surface area contributed by atoms with E-state index in [4.69, 9.17) is 9.90 Å². The topological polar surface area (TPSA) is 40.1 Å². The van der Waals surface area contributed by atoms with Crippen molar-refractivity contribution in [2.75, 3.05) is 0 Å². The van der Waals surface area contributed by atoms with Gasteiger partial charge in [-0.3, -0.25) is 0 Å². The number of rotatable bonds is 0. The van der Waals surface area contributed by atoms with E-state index in [9.17, 15) is 0 Å². The zero-order valence-corrected chi connectivity index (χ0v) is 6.57.